The first kappa shape index (κ1) is 19.2. The lowest BCUT2D eigenvalue weighted by Gasteiger charge is -2.15. The van der Waals surface area contributed by atoms with E-state index in [9.17, 15) is 9.59 Å². The van der Waals surface area contributed by atoms with Crippen LogP contribution in [0.25, 0.3) is 5.57 Å². The lowest BCUT2D eigenvalue weighted by molar-refractivity contribution is -0.119. The molecule has 2 N–H and O–H groups in total. The van der Waals surface area contributed by atoms with Gasteiger partial charge in [0.25, 0.3) is 5.56 Å². The molecule has 2 heterocycles. The molecule has 3 aliphatic rings. The third-order valence-electron chi connectivity index (χ3n) is 6.41. The molecular weight excluding hydrogens is 376 g/mol. The fourth-order valence-electron chi connectivity index (χ4n) is 4.58. The summed E-state index contributed by atoms with van der Waals surface area (Å²) in [4.78, 5) is 27.4. The van der Waals surface area contributed by atoms with Crippen molar-refractivity contribution in [3.05, 3.63) is 69.6 Å². The first-order chi connectivity index (χ1) is 14.7. The van der Waals surface area contributed by atoms with Crippen molar-refractivity contribution in [1.29, 1.82) is 0 Å². The Balaban J connectivity index is 1.45. The number of aromatic nitrogens is 1. The van der Waals surface area contributed by atoms with Crippen molar-refractivity contribution >= 4 is 11.5 Å². The summed E-state index contributed by atoms with van der Waals surface area (Å²) in [5.74, 6) is 1.38. The minimum atomic E-state index is -0.0199. The molecule has 5 rings (SSSR count). The summed E-state index contributed by atoms with van der Waals surface area (Å²) in [5, 5.41) is 3.01. The van der Waals surface area contributed by atoms with Crippen LogP contribution in [0, 0.1) is 0 Å². The minimum Gasteiger partial charge on any atom is -0.490 e. The van der Waals surface area contributed by atoms with Crippen LogP contribution in [0.2, 0.25) is 0 Å². The van der Waals surface area contributed by atoms with E-state index in [1.54, 1.807) is 0 Å². The number of ether oxygens (including phenoxy) is 1. The van der Waals surface area contributed by atoms with Crippen LogP contribution < -0.4 is 15.6 Å². The highest BCUT2D eigenvalue weighted by atomic mass is 16.5. The molecule has 30 heavy (non-hydrogen) atoms. The Morgan fingerprint density at radius 1 is 0.933 bits per heavy atom. The molecule has 0 unspecified atom stereocenters. The maximum Gasteiger partial charge on any atom is 0.251 e. The van der Waals surface area contributed by atoms with Gasteiger partial charge >= 0.3 is 0 Å². The zero-order valence-corrected chi connectivity index (χ0v) is 17.2. The van der Waals surface area contributed by atoms with Crippen LogP contribution in [0.15, 0.2) is 47.3 Å². The number of hydrogen-bond acceptors (Lipinski definition) is 3. The number of H-pyrrole nitrogens is 1. The van der Waals surface area contributed by atoms with E-state index in [0.717, 1.165) is 60.2 Å². The fraction of sp³-hybridized carbons (Fsp3) is 0.440. The van der Waals surface area contributed by atoms with Gasteiger partial charge in [-0.25, -0.2) is 0 Å². The molecule has 0 bridgehead atoms. The first-order valence-electron chi connectivity index (χ1n) is 11.2. The van der Waals surface area contributed by atoms with Crippen LogP contribution in [-0.2, 0) is 4.79 Å². The van der Waals surface area contributed by atoms with Crippen molar-refractivity contribution in [2.45, 2.75) is 69.4 Å². The molecule has 3 fully saturated rings. The summed E-state index contributed by atoms with van der Waals surface area (Å²) in [5.41, 5.74) is 3.61. The quantitative estimate of drug-likeness (QED) is 0.755. The number of benzene rings is 1. The molecule has 2 aliphatic carbocycles. The summed E-state index contributed by atoms with van der Waals surface area (Å²) in [6.45, 7) is 0. The van der Waals surface area contributed by atoms with Crippen LogP contribution in [0.4, 0.5) is 0 Å². The van der Waals surface area contributed by atoms with Gasteiger partial charge in [-0.1, -0.05) is 24.3 Å². The highest BCUT2D eigenvalue weighted by Gasteiger charge is 2.27. The molecule has 1 aromatic carbocycles. The van der Waals surface area contributed by atoms with Crippen LogP contribution in [0.5, 0.6) is 5.75 Å². The largest absolute Gasteiger partial charge is 0.490 e. The van der Waals surface area contributed by atoms with Gasteiger partial charge in [-0.2, -0.15) is 0 Å². The topological polar surface area (TPSA) is 71.2 Å². The number of amides is 1. The third kappa shape index (κ3) is 4.20. The van der Waals surface area contributed by atoms with Crippen molar-refractivity contribution in [3.8, 4) is 5.75 Å². The molecule has 5 heteroatoms. The normalized spacial score (nSPS) is 22.3. The second-order valence-electron chi connectivity index (χ2n) is 8.77. The number of hydrogen-bond donors (Lipinski definition) is 2. The molecule has 1 amide bonds. The Hall–Kier alpha value is -2.82. The average molecular weight is 405 g/mol. The Labute approximate surface area is 176 Å². The van der Waals surface area contributed by atoms with Gasteiger partial charge in [0, 0.05) is 29.3 Å². The molecule has 1 aromatic heterocycles. The van der Waals surface area contributed by atoms with Crippen LogP contribution in [0.1, 0.15) is 74.1 Å². The number of nitrogens with one attached hydrogen (secondary N) is 2. The predicted molar refractivity (Wildman–Crippen MR) is 117 cm³/mol. The van der Waals surface area contributed by atoms with Gasteiger partial charge in [0.2, 0.25) is 5.91 Å². The smallest absolute Gasteiger partial charge is 0.251 e. The summed E-state index contributed by atoms with van der Waals surface area (Å²) in [6, 6.07) is 12.0. The summed E-state index contributed by atoms with van der Waals surface area (Å²) in [7, 11) is 0. The summed E-state index contributed by atoms with van der Waals surface area (Å²) >= 11 is 0. The molecule has 2 aromatic rings. The average Bonchev–Trinajstić information content (AvgIpc) is 3.30. The van der Waals surface area contributed by atoms with Gasteiger partial charge < -0.3 is 15.0 Å². The number of pyridine rings is 1. The molecule has 156 valence electrons. The van der Waals surface area contributed by atoms with E-state index in [-0.39, 0.29) is 17.5 Å². The zero-order valence-electron chi connectivity index (χ0n) is 17.2. The molecule has 1 aliphatic heterocycles. The Kier molecular flexibility index (Phi) is 5.19. The monoisotopic (exact) mass is 404 g/mol. The summed E-state index contributed by atoms with van der Waals surface area (Å²) in [6.07, 6.45) is 10.6. The molecular formula is C25H28N2O3. The van der Waals surface area contributed by atoms with Gasteiger partial charge in [-0.3, -0.25) is 9.59 Å². The van der Waals surface area contributed by atoms with Gasteiger partial charge in [0.05, 0.1) is 6.10 Å². The van der Waals surface area contributed by atoms with Gasteiger partial charge in [0.15, 0.2) is 0 Å². The maximum atomic E-state index is 12.6. The Morgan fingerprint density at radius 2 is 1.70 bits per heavy atom. The van der Waals surface area contributed by atoms with E-state index in [1.165, 1.54) is 12.8 Å². The van der Waals surface area contributed by atoms with E-state index in [1.807, 2.05) is 36.4 Å². The zero-order chi connectivity index (χ0) is 20.5. The number of carbonyl (C=O) groups is 1. The number of rotatable bonds is 6. The second kappa shape index (κ2) is 8.13. The minimum absolute atomic E-state index is 0.00227. The van der Waals surface area contributed by atoms with Crippen molar-refractivity contribution in [3.63, 3.8) is 0 Å². The van der Waals surface area contributed by atoms with E-state index in [0.29, 0.717) is 18.4 Å². The van der Waals surface area contributed by atoms with Crippen molar-refractivity contribution in [2.75, 3.05) is 0 Å². The van der Waals surface area contributed by atoms with E-state index in [4.69, 9.17) is 4.74 Å². The number of aromatic amines is 1. The lowest BCUT2D eigenvalue weighted by atomic mass is 9.98. The molecule has 1 atom stereocenters. The predicted octanol–water partition coefficient (Wildman–Crippen LogP) is 4.28. The number of carbonyl (C=O) groups excluding carboxylic acids is 1. The fourth-order valence-corrected chi connectivity index (χ4v) is 4.58. The molecule has 0 radical (unpaired) electrons. The van der Waals surface area contributed by atoms with E-state index >= 15 is 0 Å². The lowest BCUT2D eigenvalue weighted by Crippen LogP contribution is -2.23. The molecule has 1 saturated heterocycles. The summed E-state index contributed by atoms with van der Waals surface area (Å²) < 4.78 is 6.10. The Bertz CT molecular complexity index is 1010. The highest BCUT2D eigenvalue weighted by molar-refractivity contribution is 5.82. The van der Waals surface area contributed by atoms with Crippen molar-refractivity contribution < 1.29 is 9.53 Å². The molecule has 5 nitrogen and oxygen atoms in total. The van der Waals surface area contributed by atoms with E-state index < -0.39 is 0 Å². The maximum absolute atomic E-state index is 12.6. The van der Waals surface area contributed by atoms with Gasteiger partial charge in [0.1, 0.15) is 5.75 Å². The molecule has 0 spiro atoms. The van der Waals surface area contributed by atoms with Gasteiger partial charge in [-0.15, -0.1) is 0 Å². The van der Waals surface area contributed by atoms with Gasteiger partial charge in [-0.05, 0) is 74.6 Å². The van der Waals surface area contributed by atoms with Crippen LogP contribution in [-0.4, -0.2) is 23.0 Å². The van der Waals surface area contributed by atoms with Crippen LogP contribution in [0.3, 0.4) is 0 Å². The van der Waals surface area contributed by atoms with E-state index in [2.05, 4.69) is 16.4 Å². The SMILES string of the molecule is O=C1CC[C@H](/C=C(\c2ccc(OC3CCCC3)cc2)c2ccc(C3CC3)c(=O)[nH]2)N1. The standard InChI is InChI=1S/C25H28N2O3/c28-24-14-9-18(26-24)15-22(23-13-12-21(16-5-6-16)25(29)27-23)17-7-10-20(11-8-17)30-19-3-1-2-4-19/h7-8,10-13,15-16,18-19H,1-6,9,14H2,(H,26,28)(H,27,29)/b22-15+/t18-/m1/s1. The third-order valence-corrected chi connectivity index (χ3v) is 6.41. The van der Waals surface area contributed by atoms with Crippen molar-refractivity contribution in [2.24, 2.45) is 0 Å². The van der Waals surface area contributed by atoms with Crippen LogP contribution >= 0.6 is 0 Å². The highest BCUT2D eigenvalue weighted by Crippen LogP contribution is 2.38. The first-order valence-corrected chi connectivity index (χ1v) is 11.2. The van der Waals surface area contributed by atoms with Crippen molar-refractivity contribution in [1.82, 2.24) is 10.3 Å². The molecule has 2 saturated carbocycles. The Morgan fingerprint density at radius 3 is 2.33 bits per heavy atom. The second-order valence-corrected chi connectivity index (χ2v) is 8.77.